The number of hydrogen-bond acceptors (Lipinski definition) is 4. The average Bonchev–Trinajstić information content (AvgIpc) is 2.26. The average molecular weight is 283 g/mol. The minimum absolute atomic E-state index is 0.229. The number of sulfone groups is 1. The molecule has 0 spiro atoms. The van der Waals surface area contributed by atoms with Crippen molar-refractivity contribution in [2.75, 3.05) is 0 Å². The second kappa shape index (κ2) is 4.58. The quantitative estimate of drug-likeness (QED) is 0.864. The van der Waals surface area contributed by atoms with Crippen molar-refractivity contribution in [1.82, 2.24) is 0 Å². The summed E-state index contributed by atoms with van der Waals surface area (Å²) in [6, 6.07) is 1.86. The Hall–Kier alpha value is -1.61. The first-order chi connectivity index (χ1) is 8.07. The van der Waals surface area contributed by atoms with E-state index in [2.05, 4.69) is 0 Å². The molecule has 0 aliphatic rings. The molecule has 0 aliphatic carbocycles. The third-order valence-corrected chi connectivity index (χ3v) is 3.58. The normalized spacial score (nSPS) is 14.2. The Morgan fingerprint density at radius 1 is 1.33 bits per heavy atom. The molecule has 0 aliphatic heterocycles. The van der Waals surface area contributed by atoms with E-state index in [-0.39, 0.29) is 5.56 Å². The van der Waals surface area contributed by atoms with Gasteiger partial charge in [-0.2, -0.15) is 13.2 Å². The van der Waals surface area contributed by atoms with E-state index in [1.807, 2.05) is 0 Å². The van der Waals surface area contributed by atoms with Crippen LogP contribution in [0.25, 0.3) is 0 Å². The fourth-order valence-electron chi connectivity index (χ4n) is 1.15. The molecular formula is C9H8F3NO4S. The van der Waals surface area contributed by atoms with Gasteiger partial charge in [0.2, 0.25) is 0 Å². The number of rotatable bonds is 3. The summed E-state index contributed by atoms with van der Waals surface area (Å²) in [7, 11) is -5.51. The maximum absolute atomic E-state index is 12.3. The molecule has 0 aromatic heterocycles. The molecule has 18 heavy (non-hydrogen) atoms. The second-order valence-electron chi connectivity index (χ2n) is 3.34. The number of alkyl halides is 3. The van der Waals surface area contributed by atoms with Crippen LogP contribution in [0.3, 0.4) is 0 Å². The molecule has 0 radical (unpaired) electrons. The summed E-state index contributed by atoms with van der Waals surface area (Å²) in [5, 5.41) is 8.59. The van der Waals surface area contributed by atoms with Gasteiger partial charge in [-0.05, 0) is 17.7 Å². The number of carboxylic acids is 1. The van der Waals surface area contributed by atoms with E-state index in [1.165, 1.54) is 0 Å². The Bertz CT molecular complexity index is 567. The van der Waals surface area contributed by atoms with Crippen molar-refractivity contribution in [1.29, 1.82) is 0 Å². The van der Waals surface area contributed by atoms with Crippen molar-refractivity contribution in [2.24, 2.45) is 5.73 Å². The lowest BCUT2D eigenvalue weighted by Gasteiger charge is -2.11. The maximum atomic E-state index is 12.3. The van der Waals surface area contributed by atoms with E-state index in [0.717, 1.165) is 18.2 Å². The Morgan fingerprint density at radius 2 is 1.89 bits per heavy atom. The molecule has 1 unspecified atom stereocenters. The van der Waals surface area contributed by atoms with Crippen LogP contribution in [-0.2, 0) is 14.6 Å². The third-order valence-electron chi connectivity index (χ3n) is 2.10. The summed E-state index contributed by atoms with van der Waals surface area (Å²) in [4.78, 5) is 9.52. The number of hydrogen-bond donors (Lipinski definition) is 2. The van der Waals surface area contributed by atoms with Crippen molar-refractivity contribution in [3.63, 3.8) is 0 Å². The van der Waals surface area contributed by atoms with Crippen LogP contribution >= 0.6 is 0 Å². The van der Waals surface area contributed by atoms with Gasteiger partial charge in [0.1, 0.15) is 6.04 Å². The van der Waals surface area contributed by atoms with Crippen molar-refractivity contribution < 1.29 is 31.5 Å². The summed E-state index contributed by atoms with van der Waals surface area (Å²) >= 11 is 0. The molecule has 0 amide bonds. The monoisotopic (exact) mass is 283 g/mol. The molecule has 0 bridgehead atoms. The van der Waals surface area contributed by atoms with Crippen LogP contribution in [0.15, 0.2) is 29.2 Å². The summed E-state index contributed by atoms with van der Waals surface area (Å²) in [6.45, 7) is 0. The Morgan fingerprint density at radius 3 is 2.33 bits per heavy atom. The topological polar surface area (TPSA) is 97.5 Å². The summed E-state index contributed by atoms with van der Waals surface area (Å²) < 4.78 is 59.0. The predicted molar refractivity (Wildman–Crippen MR) is 54.2 cm³/mol. The minimum atomic E-state index is -5.51. The molecule has 0 heterocycles. The van der Waals surface area contributed by atoms with Gasteiger partial charge in [0.15, 0.2) is 0 Å². The Kier molecular flexibility index (Phi) is 3.67. The van der Waals surface area contributed by atoms with Crippen LogP contribution < -0.4 is 5.73 Å². The number of carboxylic acid groups (broad SMARTS) is 1. The standard InChI is InChI=1S/C9H8F3NO4S/c10-9(11,12)18(16,17)6-3-1-2-5(4-6)7(13)8(14)15/h1-4,7H,13H2,(H,14,15). The molecule has 5 nitrogen and oxygen atoms in total. The molecule has 0 fully saturated rings. The first-order valence-corrected chi connectivity index (χ1v) is 5.95. The fraction of sp³-hybridized carbons (Fsp3) is 0.222. The highest BCUT2D eigenvalue weighted by Gasteiger charge is 2.46. The zero-order chi connectivity index (χ0) is 14.1. The Labute approximate surface area is 99.9 Å². The molecule has 9 heteroatoms. The molecule has 3 N–H and O–H groups in total. The molecule has 0 saturated heterocycles. The highest BCUT2D eigenvalue weighted by molar-refractivity contribution is 7.92. The van der Waals surface area contributed by atoms with Gasteiger partial charge in [0.05, 0.1) is 4.90 Å². The SMILES string of the molecule is NC(C(=O)O)c1cccc(S(=O)(=O)C(F)(F)F)c1. The van der Waals surface area contributed by atoms with Gasteiger partial charge >= 0.3 is 11.5 Å². The van der Waals surface area contributed by atoms with Gasteiger partial charge in [-0.25, -0.2) is 8.42 Å². The number of nitrogens with two attached hydrogens (primary N) is 1. The van der Waals surface area contributed by atoms with Crippen molar-refractivity contribution in [3.8, 4) is 0 Å². The van der Waals surface area contributed by atoms with Gasteiger partial charge in [0, 0.05) is 0 Å². The van der Waals surface area contributed by atoms with Crippen LogP contribution in [0.1, 0.15) is 11.6 Å². The van der Waals surface area contributed by atoms with Crippen LogP contribution in [-0.4, -0.2) is 25.0 Å². The zero-order valence-corrected chi connectivity index (χ0v) is 9.49. The lowest BCUT2D eigenvalue weighted by atomic mass is 10.1. The number of aliphatic carboxylic acids is 1. The van der Waals surface area contributed by atoms with E-state index in [4.69, 9.17) is 10.8 Å². The van der Waals surface area contributed by atoms with Gasteiger partial charge in [-0.1, -0.05) is 12.1 Å². The van der Waals surface area contributed by atoms with Gasteiger partial charge < -0.3 is 10.8 Å². The molecule has 100 valence electrons. The van der Waals surface area contributed by atoms with E-state index in [0.29, 0.717) is 6.07 Å². The molecule has 1 aromatic carbocycles. The van der Waals surface area contributed by atoms with Crippen molar-refractivity contribution in [3.05, 3.63) is 29.8 Å². The molecule has 1 atom stereocenters. The van der Waals surface area contributed by atoms with Crippen LogP contribution in [0.2, 0.25) is 0 Å². The highest BCUT2D eigenvalue weighted by atomic mass is 32.2. The largest absolute Gasteiger partial charge is 0.501 e. The highest BCUT2D eigenvalue weighted by Crippen LogP contribution is 2.31. The van der Waals surface area contributed by atoms with Gasteiger partial charge in [-0.3, -0.25) is 4.79 Å². The fourth-order valence-corrected chi connectivity index (χ4v) is 1.97. The zero-order valence-electron chi connectivity index (χ0n) is 8.68. The van der Waals surface area contributed by atoms with E-state index in [9.17, 15) is 26.4 Å². The summed E-state index contributed by atoms with van der Waals surface area (Å²) in [5.74, 6) is -1.48. The molecule has 1 rings (SSSR count). The van der Waals surface area contributed by atoms with E-state index >= 15 is 0 Å². The number of benzene rings is 1. The first-order valence-electron chi connectivity index (χ1n) is 4.47. The van der Waals surface area contributed by atoms with E-state index in [1.54, 1.807) is 0 Å². The second-order valence-corrected chi connectivity index (χ2v) is 5.28. The predicted octanol–water partition coefficient (Wildman–Crippen LogP) is 1.06. The third kappa shape index (κ3) is 2.62. The minimum Gasteiger partial charge on any atom is -0.480 e. The number of carbonyl (C=O) groups is 1. The lowest BCUT2D eigenvalue weighted by Crippen LogP contribution is -2.24. The van der Waals surface area contributed by atoms with Crippen LogP contribution in [0.4, 0.5) is 13.2 Å². The van der Waals surface area contributed by atoms with Crippen LogP contribution in [0, 0.1) is 0 Å². The van der Waals surface area contributed by atoms with Crippen LogP contribution in [0.5, 0.6) is 0 Å². The maximum Gasteiger partial charge on any atom is 0.501 e. The Balaban J connectivity index is 3.31. The first kappa shape index (κ1) is 14.5. The van der Waals surface area contributed by atoms with Crippen molar-refractivity contribution >= 4 is 15.8 Å². The summed E-state index contributed by atoms with van der Waals surface area (Å²) in [6.07, 6.45) is 0. The van der Waals surface area contributed by atoms with Gasteiger partial charge in [-0.15, -0.1) is 0 Å². The lowest BCUT2D eigenvalue weighted by molar-refractivity contribution is -0.138. The van der Waals surface area contributed by atoms with Crippen molar-refractivity contribution in [2.45, 2.75) is 16.4 Å². The smallest absolute Gasteiger partial charge is 0.480 e. The molecule has 1 aromatic rings. The number of halogens is 3. The molecular weight excluding hydrogens is 275 g/mol. The summed E-state index contributed by atoms with van der Waals surface area (Å²) in [5.41, 5.74) is -0.491. The van der Waals surface area contributed by atoms with E-state index < -0.39 is 32.3 Å². The molecule has 0 saturated carbocycles. The van der Waals surface area contributed by atoms with Gasteiger partial charge in [0.25, 0.3) is 9.84 Å².